The quantitative estimate of drug-likeness (QED) is 0.677. The van der Waals surface area contributed by atoms with Crippen LogP contribution in [0.2, 0.25) is 0 Å². The lowest BCUT2D eigenvalue weighted by Crippen LogP contribution is -2.04. The van der Waals surface area contributed by atoms with Crippen LogP contribution >= 0.6 is 0 Å². The molecule has 0 aromatic heterocycles. The summed E-state index contributed by atoms with van der Waals surface area (Å²) in [4.78, 5) is 10.9. The highest BCUT2D eigenvalue weighted by Gasteiger charge is 2.22. The standard InChI is InChI=1S/C9H8FNO.C2H6/c1-5-2-3-7(10)9-6(5)4-8(12)11-9;1-2/h2-3H,4H2,1H3,(H,11,12);1-2H3. The minimum absolute atomic E-state index is 0.127. The van der Waals surface area contributed by atoms with E-state index < -0.39 is 0 Å². The Morgan fingerprint density at radius 3 is 2.57 bits per heavy atom. The molecule has 0 spiro atoms. The van der Waals surface area contributed by atoms with Gasteiger partial charge in [0, 0.05) is 0 Å². The van der Waals surface area contributed by atoms with Crippen LogP contribution in [-0.4, -0.2) is 5.91 Å². The molecule has 0 saturated heterocycles. The first-order valence-corrected chi connectivity index (χ1v) is 4.76. The number of nitrogens with one attached hydrogen (secondary N) is 1. The maximum atomic E-state index is 13.0. The number of carbonyl (C=O) groups is 1. The molecular formula is C11H14FNO. The van der Waals surface area contributed by atoms with E-state index in [1.807, 2.05) is 20.8 Å². The average molecular weight is 195 g/mol. The monoisotopic (exact) mass is 195 g/mol. The fourth-order valence-corrected chi connectivity index (χ4v) is 1.43. The summed E-state index contributed by atoms with van der Waals surface area (Å²) in [6.45, 7) is 5.87. The van der Waals surface area contributed by atoms with Crippen LogP contribution in [-0.2, 0) is 11.2 Å². The maximum absolute atomic E-state index is 13.0. The summed E-state index contributed by atoms with van der Waals surface area (Å²) in [5.74, 6) is -0.473. The van der Waals surface area contributed by atoms with Gasteiger partial charge in [-0.2, -0.15) is 0 Å². The third-order valence-electron chi connectivity index (χ3n) is 2.10. The zero-order chi connectivity index (χ0) is 10.7. The van der Waals surface area contributed by atoms with E-state index in [1.165, 1.54) is 6.07 Å². The molecule has 1 amide bonds. The molecule has 0 atom stereocenters. The van der Waals surface area contributed by atoms with E-state index in [0.717, 1.165) is 11.1 Å². The van der Waals surface area contributed by atoms with Gasteiger partial charge in [0.2, 0.25) is 5.91 Å². The lowest BCUT2D eigenvalue weighted by atomic mass is 10.1. The average Bonchev–Trinajstić information content (AvgIpc) is 2.58. The molecule has 14 heavy (non-hydrogen) atoms. The first-order valence-electron chi connectivity index (χ1n) is 4.76. The number of anilines is 1. The molecule has 0 fully saturated rings. The fraction of sp³-hybridized carbons (Fsp3) is 0.364. The number of hydrogen-bond acceptors (Lipinski definition) is 1. The van der Waals surface area contributed by atoms with Gasteiger partial charge in [-0.25, -0.2) is 4.39 Å². The molecule has 1 aromatic carbocycles. The molecule has 1 N–H and O–H groups in total. The lowest BCUT2D eigenvalue weighted by Gasteiger charge is -2.02. The Morgan fingerprint density at radius 1 is 1.36 bits per heavy atom. The van der Waals surface area contributed by atoms with Gasteiger partial charge in [0.25, 0.3) is 0 Å². The molecule has 0 aliphatic carbocycles. The predicted octanol–water partition coefficient (Wildman–Crippen LogP) is 2.65. The van der Waals surface area contributed by atoms with E-state index in [4.69, 9.17) is 0 Å². The van der Waals surface area contributed by atoms with Crippen LogP contribution in [0.3, 0.4) is 0 Å². The minimum atomic E-state index is -0.346. The van der Waals surface area contributed by atoms with Crippen molar-refractivity contribution in [3.05, 3.63) is 29.1 Å². The predicted molar refractivity (Wildman–Crippen MR) is 54.8 cm³/mol. The Hall–Kier alpha value is -1.38. The Kier molecular flexibility index (Phi) is 3.23. The molecule has 0 unspecified atom stereocenters. The number of halogens is 1. The summed E-state index contributed by atoms with van der Waals surface area (Å²) in [5.41, 5.74) is 2.12. The molecular weight excluding hydrogens is 181 g/mol. The van der Waals surface area contributed by atoms with E-state index in [2.05, 4.69) is 5.32 Å². The third kappa shape index (κ3) is 1.76. The van der Waals surface area contributed by atoms with E-state index in [0.29, 0.717) is 12.1 Å². The number of benzene rings is 1. The maximum Gasteiger partial charge on any atom is 0.228 e. The molecule has 3 heteroatoms. The minimum Gasteiger partial charge on any atom is -0.323 e. The number of amides is 1. The van der Waals surface area contributed by atoms with Crippen LogP contribution < -0.4 is 5.32 Å². The van der Waals surface area contributed by atoms with Gasteiger partial charge in [0.1, 0.15) is 5.82 Å². The van der Waals surface area contributed by atoms with Crippen molar-refractivity contribution in [2.45, 2.75) is 27.2 Å². The van der Waals surface area contributed by atoms with Crippen molar-refractivity contribution in [2.24, 2.45) is 0 Å². The lowest BCUT2D eigenvalue weighted by molar-refractivity contribution is -0.115. The smallest absolute Gasteiger partial charge is 0.228 e. The summed E-state index contributed by atoms with van der Waals surface area (Å²) >= 11 is 0. The van der Waals surface area contributed by atoms with Crippen LogP contribution in [0.4, 0.5) is 10.1 Å². The summed E-state index contributed by atoms with van der Waals surface area (Å²) < 4.78 is 13.0. The second-order valence-corrected chi connectivity index (χ2v) is 2.94. The van der Waals surface area contributed by atoms with Crippen LogP contribution in [0.5, 0.6) is 0 Å². The van der Waals surface area contributed by atoms with Crippen molar-refractivity contribution in [3.8, 4) is 0 Å². The van der Waals surface area contributed by atoms with Gasteiger partial charge in [0.05, 0.1) is 12.1 Å². The molecule has 2 rings (SSSR count). The van der Waals surface area contributed by atoms with Gasteiger partial charge < -0.3 is 5.32 Å². The van der Waals surface area contributed by atoms with E-state index in [9.17, 15) is 9.18 Å². The van der Waals surface area contributed by atoms with E-state index in [-0.39, 0.29) is 11.7 Å². The Morgan fingerprint density at radius 2 is 2.00 bits per heavy atom. The molecule has 0 saturated carbocycles. The van der Waals surface area contributed by atoms with Crippen molar-refractivity contribution in [2.75, 3.05) is 5.32 Å². The van der Waals surface area contributed by atoms with Crippen molar-refractivity contribution >= 4 is 11.6 Å². The second-order valence-electron chi connectivity index (χ2n) is 2.94. The Balaban J connectivity index is 0.000000461. The van der Waals surface area contributed by atoms with Crippen molar-refractivity contribution in [1.29, 1.82) is 0 Å². The highest BCUT2D eigenvalue weighted by molar-refractivity contribution is 5.99. The van der Waals surface area contributed by atoms with Gasteiger partial charge in [0.15, 0.2) is 0 Å². The topological polar surface area (TPSA) is 29.1 Å². The van der Waals surface area contributed by atoms with Crippen molar-refractivity contribution in [3.63, 3.8) is 0 Å². The number of hydrogen-bond donors (Lipinski definition) is 1. The molecule has 1 heterocycles. The molecule has 76 valence electrons. The first kappa shape index (κ1) is 10.7. The molecule has 0 radical (unpaired) electrons. The normalized spacial score (nSPS) is 12.7. The van der Waals surface area contributed by atoms with E-state index in [1.54, 1.807) is 6.07 Å². The zero-order valence-corrected chi connectivity index (χ0v) is 8.65. The summed E-state index contributed by atoms with van der Waals surface area (Å²) in [7, 11) is 0. The van der Waals surface area contributed by atoms with Crippen LogP contribution in [0, 0.1) is 12.7 Å². The van der Waals surface area contributed by atoms with Crippen molar-refractivity contribution < 1.29 is 9.18 Å². The van der Waals surface area contributed by atoms with Crippen LogP contribution in [0.25, 0.3) is 0 Å². The SMILES string of the molecule is CC.Cc1ccc(F)c2c1CC(=O)N2. The Labute approximate surface area is 83.1 Å². The first-order chi connectivity index (χ1) is 6.68. The fourth-order valence-electron chi connectivity index (χ4n) is 1.43. The number of carbonyl (C=O) groups excluding carboxylic acids is 1. The van der Waals surface area contributed by atoms with Gasteiger partial charge in [-0.1, -0.05) is 19.9 Å². The molecule has 1 aliphatic rings. The largest absolute Gasteiger partial charge is 0.323 e. The molecule has 2 nitrogen and oxygen atoms in total. The van der Waals surface area contributed by atoms with Gasteiger partial charge in [-0.3, -0.25) is 4.79 Å². The van der Waals surface area contributed by atoms with Crippen molar-refractivity contribution in [1.82, 2.24) is 0 Å². The number of fused-ring (bicyclic) bond motifs is 1. The van der Waals surface area contributed by atoms with Crippen LogP contribution in [0.15, 0.2) is 12.1 Å². The van der Waals surface area contributed by atoms with Crippen LogP contribution in [0.1, 0.15) is 25.0 Å². The van der Waals surface area contributed by atoms with Gasteiger partial charge >= 0.3 is 0 Å². The number of rotatable bonds is 0. The highest BCUT2D eigenvalue weighted by atomic mass is 19.1. The number of aryl methyl sites for hydroxylation is 1. The zero-order valence-electron chi connectivity index (χ0n) is 8.65. The van der Waals surface area contributed by atoms with E-state index >= 15 is 0 Å². The summed E-state index contributed by atoms with van der Waals surface area (Å²) in [6, 6.07) is 3.06. The Bertz CT molecular complexity index is 328. The summed E-state index contributed by atoms with van der Waals surface area (Å²) in [6.07, 6.45) is 0.304. The van der Waals surface area contributed by atoms with Gasteiger partial charge in [-0.15, -0.1) is 0 Å². The highest BCUT2D eigenvalue weighted by Crippen LogP contribution is 2.28. The molecule has 1 aromatic rings. The second kappa shape index (κ2) is 4.22. The third-order valence-corrected chi connectivity index (χ3v) is 2.10. The van der Waals surface area contributed by atoms with Gasteiger partial charge in [-0.05, 0) is 24.1 Å². The summed E-state index contributed by atoms with van der Waals surface area (Å²) in [5, 5.41) is 2.49. The molecule has 0 bridgehead atoms. The molecule has 1 aliphatic heterocycles.